The number of aromatic hydroxyl groups is 1. The molecule has 0 fully saturated rings. The van der Waals surface area contributed by atoms with Crippen LogP contribution in [0.25, 0.3) is 12.2 Å². The Hall–Kier alpha value is -3.34. The van der Waals surface area contributed by atoms with E-state index in [9.17, 15) is 14.3 Å². The Morgan fingerprint density at radius 2 is 1.75 bits per heavy atom. The van der Waals surface area contributed by atoms with Crippen molar-refractivity contribution in [2.75, 3.05) is 14.2 Å². The number of rotatable bonds is 9. The van der Waals surface area contributed by atoms with Gasteiger partial charge < -0.3 is 14.6 Å². The first-order valence-corrected chi connectivity index (χ1v) is 10.5. The number of halogens is 1. The van der Waals surface area contributed by atoms with Crippen molar-refractivity contribution in [1.82, 2.24) is 0 Å². The van der Waals surface area contributed by atoms with Gasteiger partial charge in [0.05, 0.1) is 14.2 Å². The standard InChI is InChI=1S/C27H31FO4/c1-18(2)7-6-8-19(3)9-16-23-24(31-4)17-21(25(26(23)29)27(30)32-5)13-10-20-11-14-22(28)15-12-20/h7,9-15,17,29H,6,8,16H2,1-5H3/b13-10?,19-9+. The van der Waals surface area contributed by atoms with Crippen molar-refractivity contribution in [3.05, 3.63) is 81.7 Å². The molecule has 0 saturated carbocycles. The summed E-state index contributed by atoms with van der Waals surface area (Å²) in [5, 5.41) is 11.0. The summed E-state index contributed by atoms with van der Waals surface area (Å²) in [5.74, 6) is -0.662. The minimum atomic E-state index is -0.644. The van der Waals surface area contributed by atoms with Crippen LogP contribution in [-0.2, 0) is 11.2 Å². The SMILES string of the molecule is COC(=O)c1c(C=Cc2ccc(F)cc2)cc(OC)c(C/C=C(\C)CCC=C(C)C)c1O. The van der Waals surface area contributed by atoms with Crippen LogP contribution < -0.4 is 4.74 Å². The predicted octanol–water partition coefficient (Wildman–Crippen LogP) is 6.73. The molecule has 0 aromatic heterocycles. The molecule has 4 nitrogen and oxygen atoms in total. The number of benzene rings is 2. The zero-order valence-electron chi connectivity index (χ0n) is 19.4. The Kier molecular flexibility index (Phi) is 9.26. The molecule has 0 heterocycles. The van der Waals surface area contributed by atoms with Crippen molar-refractivity contribution in [2.24, 2.45) is 0 Å². The van der Waals surface area contributed by atoms with Gasteiger partial charge in [0.2, 0.25) is 0 Å². The van der Waals surface area contributed by atoms with Gasteiger partial charge in [0.25, 0.3) is 0 Å². The number of esters is 1. The van der Waals surface area contributed by atoms with Crippen molar-refractivity contribution < 1.29 is 23.8 Å². The highest BCUT2D eigenvalue weighted by Crippen LogP contribution is 2.36. The molecule has 0 radical (unpaired) electrons. The van der Waals surface area contributed by atoms with Gasteiger partial charge in [-0.15, -0.1) is 0 Å². The van der Waals surface area contributed by atoms with E-state index in [2.05, 4.69) is 19.9 Å². The first kappa shape index (κ1) is 24.9. The van der Waals surface area contributed by atoms with Gasteiger partial charge in [0.15, 0.2) is 0 Å². The van der Waals surface area contributed by atoms with Gasteiger partial charge in [-0.2, -0.15) is 0 Å². The number of carbonyl (C=O) groups is 1. The normalized spacial score (nSPS) is 11.5. The third-order valence-electron chi connectivity index (χ3n) is 5.08. The van der Waals surface area contributed by atoms with Crippen LogP contribution in [0, 0.1) is 5.82 Å². The number of allylic oxidation sites excluding steroid dienone is 4. The van der Waals surface area contributed by atoms with E-state index < -0.39 is 5.97 Å². The van der Waals surface area contributed by atoms with Crippen LogP contribution in [0.3, 0.4) is 0 Å². The minimum Gasteiger partial charge on any atom is -0.507 e. The molecule has 0 atom stereocenters. The highest BCUT2D eigenvalue weighted by molar-refractivity contribution is 5.98. The fourth-order valence-electron chi connectivity index (χ4n) is 3.26. The van der Waals surface area contributed by atoms with Crippen LogP contribution in [0.2, 0.25) is 0 Å². The second-order valence-corrected chi connectivity index (χ2v) is 7.82. The fourth-order valence-corrected chi connectivity index (χ4v) is 3.26. The molecule has 1 N–H and O–H groups in total. The first-order valence-electron chi connectivity index (χ1n) is 10.5. The lowest BCUT2D eigenvalue weighted by molar-refractivity contribution is 0.0597. The number of hydrogen-bond acceptors (Lipinski definition) is 4. The molecule has 170 valence electrons. The molecule has 2 rings (SSSR count). The van der Waals surface area contributed by atoms with Gasteiger partial charge >= 0.3 is 5.97 Å². The number of hydrogen-bond donors (Lipinski definition) is 1. The Bertz CT molecular complexity index is 1030. The van der Waals surface area contributed by atoms with Crippen LogP contribution in [0.15, 0.2) is 53.6 Å². The Morgan fingerprint density at radius 1 is 1.06 bits per heavy atom. The van der Waals surface area contributed by atoms with E-state index in [0.29, 0.717) is 23.3 Å². The average molecular weight is 439 g/mol. The van der Waals surface area contributed by atoms with Gasteiger partial charge in [-0.25, -0.2) is 9.18 Å². The molecule has 32 heavy (non-hydrogen) atoms. The Balaban J connectivity index is 2.42. The van der Waals surface area contributed by atoms with Crippen molar-refractivity contribution in [3.63, 3.8) is 0 Å². The highest BCUT2D eigenvalue weighted by atomic mass is 19.1. The third kappa shape index (κ3) is 6.84. The topological polar surface area (TPSA) is 55.8 Å². The molecule has 0 unspecified atom stereocenters. The lowest BCUT2D eigenvalue weighted by Gasteiger charge is -2.15. The van der Waals surface area contributed by atoms with E-state index in [0.717, 1.165) is 18.4 Å². The Morgan fingerprint density at radius 3 is 2.34 bits per heavy atom. The molecule has 0 amide bonds. The smallest absolute Gasteiger partial charge is 0.342 e. The van der Waals surface area contributed by atoms with Crippen LogP contribution in [0.4, 0.5) is 4.39 Å². The van der Waals surface area contributed by atoms with Crippen LogP contribution >= 0.6 is 0 Å². The molecule has 0 aliphatic heterocycles. The number of phenolic OH excluding ortho intramolecular Hbond substituents is 1. The van der Waals surface area contributed by atoms with E-state index in [4.69, 9.17) is 9.47 Å². The van der Waals surface area contributed by atoms with E-state index in [-0.39, 0.29) is 17.1 Å². The maximum atomic E-state index is 13.2. The molecular formula is C27H31FO4. The zero-order valence-corrected chi connectivity index (χ0v) is 19.4. The van der Waals surface area contributed by atoms with Crippen molar-refractivity contribution in [1.29, 1.82) is 0 Å². The van der Waals surface area contributed by atoms with E-state index in [1.165, 1.54) is 37.5 Å². The summed E-state index contributed by atoms with van der Waals surface area (Å²) in [6.45, 7) is 6.19. The van der Waals surface area contributed by atoms with Crippen LogP contribution in [0.5, 0.6) is 11.5 Å². The molecule has 0 aliphatic carbocycles. The molecule has 2 aromatic carbocycles. The lowest BCUT2D eigenvalue weighted by Crippen LogP contribution is -2.07. The highest BCUT2D eigenvalue weighted by Gasteiger charge is 2.22. The number of ether oxygens (including phenoxy) is 2. The summed E-state index contributed by atoms with van der Waals surface area (Å²) in [4.78, 5) is 12.5. The predicted molar refractivity (Wildman–Crippen MR) is 127 cm³/mol. The lowest BCUT2D eigenvalue weighted by atomic mass is 9.97. The van der Waals surface area contributed by atoms with Gasteiger partial charge in [-0.3, -0.25) is 0 Å². The molecule has 5 heteroatoms. The fraction of sp³-hybridized carbons (Fsp3) is 0.296. The zero-order chi connectivity index (χ0) is 23.7. The van der Waals surface area contributed by atoms with Crippen LogP contribution in [-0.4, -0.2) is 25.3 Å². The number of carbonyl (C=O) groups excluding carboxylic acids is 1. The van der Waals surface area contributed by atoms with Gasteiger partial charge in [0, 0.05) is 5.56 Å². The second kappa shape index (κ2) is 11.9. The summed E-state index contributed by atoms with van der Waals surface area (Å²) < 4.78 is 23.6. The maximum Gasteiger partial charge on any atom is 0.342 e. The molecule has 0 aliphatic rings. The monoisotopic (exact) mass is 438 g/mol. The first-order chi connectivity index (χ1) is 15.3. The van der Waals surface area contributed by atoms with Crippen LogP contribution in [0.1, 0.15) is 60.7 Å². The third-order valence-corrected chi connectivity index (χ3v) is 5.08. The molecule has 0 saturated heterocycles. The van der Waals surface area contributed by atoms with Gasteiger partial charge in [-0.1, -0.05) is 47.6 Å². The molecule has 0 bridgehead atoms. The largest absolute Gasteiger partial charge is 0.507 e. The van der Waals surface area contributed by atoms with E-state index in [1.54, 1.807) is 30.4 Å². The van der Waals surface area contributed by atoms with Gasteiger partial charge in [-0.05, 0) is 69.4 Å². The summed E-state index contributed by atoms with van der Waals surface area (Å²) in [5.41, 5.74) is 4.25. The summed E-state index contributed by atoms with van der Waals surface area (Å²) >= 11 is 0. The average Bonchev–Trinajstić information content (AvgIpc) is 2.76. The van der Waals surface area contributed by atoms with E-state index in [1.807, 2.05) is 13.0 Å². The number of phenols is 1. The quantitative estimate of drug-likeness (QED) is 0.268. The number of methoxy groups -OCH3 is 2. The molecule has 0 spiro atoms. The molecule has 2 aromatic rings. The molecular weight excluding hydrogens is 407 g/mol. The minimum absolute atomic E-state index is 0.0669. The summed E-state index contributed by atoms with van der Waals surface area (Å²) in [6, 6.07) is 7.66. The van der Waals surface area contributed by atoms with Crippen molar-refractivity contribution in [2.45, 2.75) is 40.0 Å². The second-order valence-electron chi connectivity index (χ2n) is 7.82. The van der Waals surface area contributed by atoms with Gasteiger partial charge in [0.1, 0.15) is 22.9 Å². The summed E-state index contributed by atoms with van der Waals surface area (Å²) in [7, 11) is 2.79. The van der Waals surface area contributed by atoms with E-state index >= 15 is 0 Å². The Labute approximate surface area is 189 Å². The van der Waals surface area contributed by atoms with Crippen molar-refractivity contribution in [3.8, 4) is 11.5 Å². The van der Waals surface area contributed by atoms with Crippen molar-refractivity contribution >= 4 is 18.1 Å². The maximum absolute atomic E-state index is 13.2. The summed E-state index contributed by atoms with van der Waals surface area (Å²) in [6.07, 6.45) is 9.91.